The van der Waals surface area contributed by atoms with Crippen LogP contribution in [0.25, 0.3) is 0 Å². The molecule has 64 valence electrons. The first-order valence-corrected chi connectivity index (χ1v) is 5.12. The molecule has 0 saturated heterocycles. The highest BCUT2D eigenvalue weighted by Crippen LogP contribution is 2.39. The molecule has 2 N–H and O–H groups in total. The lowest BCUT2D eigenvalue weighted by atomic mass is 9.89. The molecule has 0 amide bonds. The molecule has 0 radical (unpaired) electrons. The molecule has 2 atom stereocenters. The zero-order chi connectivity index (χ0) is 7.68. The number of hydrogen-bond acceptors (Lipinski definition) is 1. The highest BCUT2D eigenvalue weighted by Gasteiger charge is 2.30. The van der Waals surface area contributed by atoms with Crippen LogP contribution in [-0.2, 0) is 0 Å². The summed E-state index contributed by atoms with van der Waals surface area (Å²) in [5.74, 6) is 2.07. The highest BCUT2D eigenvalue weighted by molar-refractivity contribution is 4.84. The van der Waals surface area contributed by atoms with Crippen molar-refractivity contribution in [1.82, 2.24) is 0 Å². The Balaban J connectivity index is 1.85. The van der Waals surface area contributed by atoms with Gasteiger partial charge >= 0.3 is 0 Å². The molecule has 2 rings (SSSR count). The minimum Gasteiger partial charge on any atom is -0.328 e. The van der Waals surface area contributed by atoms with Gasteiger partial charge in [0, 0.05) is 6.04 Å². The summed E-state index contributed by atoms with van der Waals surface area (Å²) < 4.78 is 0. The van der Waals surface area contributed by atoms with Crippen molar-refractivity contribution < 1.29 is 0 Å². The second-order valence-electron chi connectivity index (χ2n) is 4.38. The molecule has 0 aromatic rings. The van der Waals surface area contributed by atoms with Crippen molar-refractivity contribution >= 4 is 0 Å². The van der Waals surface area contributed by atoms with Crippen molar-refractivity contribution in [2.24, 2.45) is 17.6 Å². The van der Waals surface area contributed by atoms with Crippen LogP contribution in [0.4, 0.5) is 0 Å². The van der Waals surface area contributed by atoms with E-state index in [1.165, 1.54) is 44.9 Å². The number of hydrogen-bond donors (Lipinski definition) is 1. The molecule has 1 nitrogen and oxygen atoms in total. The van der Waals surface area contributed by atoms with Crippen molar-refractivity contribution in [3.05, 3.63) is 0 Å². The van der Waals surface area contributed by atoms with Gasteiger partial charge in [0.1, 0.15) is 0 Å². The van der Waals surface area contributed by atoms with Crippen molar-refractivity contribution in [3.63, 3.8) is 0 Å². The third-order valence-corrected chi connectivity index (χ3v) is 3.58. The smallest absolute Gasteiger partial charge is 0.00416 e. The second-order valence-corrected chi connectivity index (χ2v) is 4.38. The van der Waals surface area contributed by atoms with Gasteiger partial charge in [-0.2, -0.15) is 0 Å². The second kappa shape index (κ2) is 3.14. The van der Waals surface area contributed by atoms with Gasteiger partial charge in [0.15, 0.2) is 0 Å². The van der Waals surface area contributed by atoms with Crippen LogP contribution in [0.2, 0.25) is 0 Å². The van der Waals surface area contributed by atoms with Gasteiger partial charge in [-0.1, -0.05) is 25.7 Å². The fourth-order valence-electron chi connectivity index (χ4n) is 2.91. The summed E-state index contributed by atoms with van der Waals surface area (Å²) in [6.07, 6.45) is 10.00. The van der Waals surface area contributed by atoms with Crippen LogP contribution in [0, 0.1) is 11.8 Å². The molecule has 2 unspecified atom stereocenters. The van der Waals surface area contributed by atoms with Crippen molar-refractivity contribution in [1.29, 1.82) is 0 Å². The topological polar surface area (TPSA) is 26.0 Å². The third-order valence-electron chi connectivity index (χ3n) is 3.58. The maximum Gasteiger partial charge on any atom is 0.00416 e. The monoisotopic (exact) mass is 153 g/mol. The van der Waals surface area contributed by atoms with E-state index in [1.807, 2.05) is 0 Å². The Bertz CT molecular complexity index is 127. The molecule has 1 heteroatoms. The van der Waals surface area contributed by atoms with E-state index >= 15 is 0 Å². The van der Waals surface area contributed by atoms with Gasteiger partial charge in [0.25, 0.3) is 0 Å². The molecule has 0 bridgehead atoms. The van der Waals surface area contributed by atoms with E-state index in [1.54, 1.807) is 0 Å². The Morgan fingerprint density at radius 2 is 1.55 bits per heavy atom. The van der Waals surface area contributed by atoms with Gasteiger partial charge < -0.3 is 5.73 Å². The molecule has 0 aliphatic heterocycles. The number of nitrogens with two attached hydrogens (primary N) is 1. The Morgan fingerprint density at radius 1 is 0.818 bits per heavy atom. The molecule has 0 spiro atoms. The van der Waals surface area contributed by atoms with Crippen LogP contribution < -0.4 is 5.73 Å². The van der Waals surface area contributed by atoms with Crippen molar-refractivity contribution in [2.75, 3.05) is 0 Å². The van der Waals surface area contributed by atoms with Gasteiger partial charge in [-0.3, -0.25) is 0 Å². The lowest BCUT2D eigenvalue weighted by molar-refractivity contribution is 0.344. The molecular weight excluding hydrogens is 134 g/mol. The van der Waals surface area contributed by atoms with E-state index in [2.05, 4.69) is 0 Å². The average Bonchev–Trinajstić information content (AvgIpc) is 2.55. The molecule has 2 fully saturated rings. The lowest BCUT2D eigenvalue weighted by Gasteiger charge is -2.16. The summed E-state index contributed by atoms with van der Waals surface area (Å²) in [5, 5.41) is 0. The van der Waals surface area contributed by atoms with Gasteiger partial charge in [0.2, 0.25) is 0 Å². The van der Waals surface area contributed by atoms with Crippen LogP contribution in [0.5, 0.6) is 0 Å². The van der Waals surface area contributed by atoms with E-state index in [9.17, 15) is 0 Å². The highest BCUT2D eigenvalue weighted by atomic mass is 14.6. The zero-order valence-corrected chi connectivity index (χ0v) is 7.26. The summed E-state index contributed by atoms with van der Waals surface area (Å²) in [5.41, 5.74) is 5.89. The predicted molar refractivity (Wildman–Crippen MR) is 47.3 cm³/mol. The Labute approximate surface area is 69.4 Å². The summed E-state index contributed by atoms with van der Waals surface area (Å²) in [6, 6.07) is 0.542. The summed E-state index contributed by atoms with van der Waals surface area (Å²) >= 11 is 0. The van der Waals surface area contributed by atoms with E-state index in [0.717, 1.165) is 11.8 Å². The fraction of sp³-hybridized carbons (Fsp3) is 1.00. The van der Waals surface area contributed by atoms with Crippen LogP contribution in [-0.4, -0.2) is 6.04 Å². The standard InChI is InChI=1S/C10H19N/c11-10-6-5-9(7-10)8-3-1-2-4-8/h8-10H,1-7,11H2. The Kier molecular flexibility index (Phi) is 2.17. The van der Waals surface area contributed by atoms with Gasteiger partial charge in [0.05, 0.1) is 0 Å². The fourth-order valence-corrected chi connectivity index (χ4v) is 2.91. The van der Waals surface area contributed by atoms with E-state index in [-0.39, 0.29) is 0 Å². The molecule has 0 aromatic carbocycles. The maximum atomic E-state index is 5.89. The summed E-state index contributed by atoms with van der Waals surface area (Å²) in [6.45, 7) is 0. The van der Waals surface area contributed by atoms with Crippen molar-refractivity contribution in [2.45, 2.75) is 51.0 Å². The molecule has 11 heavy (non-hydrogen) atoms. The maximum absolute atomic E-state index is 5.89. The SMILES string of the molecule is NC1CCC(C2CCCC2)C1. The normalized spacial score (nSPS) is 40.1. The van der Waals surface area contributed by atoms with E-state index < -0.39 is 0 Å². The van der Waals surface area contributed by atoms with Crippen LogP contribution >= 0.6 is 0 Å². The Hall–Kier alpha value is -0.0400. The Morgan fingerprint density at radius 3 is 2.09 bits per heavy atom. The molecule has 2 saturated carbocycles. The van der Waals surface area contributed by atoms with Gasteiger partial charge in [-0.15, -0.1) is 0 Å². The molecule has 2 aliphatic rings. The zero-order valence-electron chi connectivity index (χ0n) is 7.26. The predicted octanol–water partition coefficient (Wildman–Crippen LogP) is 2.30. The average molecular weight is 153 g/mol. The lowest BCUT2D eigenvalue weighted by Crippen LogP contribution is -2.16. The van der Waals surface area contributed by atoms with Gasteiger partial charge in [-0.05, 0) is 31.1 Å². The largest absolute Gasteiger partial charge is 0.328 e. The first-order valence-electron chi connectivity index (χ1n) is 5.12. The molecule has 0 heterocycles. The quantitative estimate of drug-likeness (QED) is 0.614. The van der Waals surface area contributed by atoms with Crippen molar-refractivity contribution in [3.8, 4) is 0 Å². The minimum absolute atomic E-state index is 0.542. The number of rotatable bonds is 1. The molecular formula is C10H19N. The summed E-state index contributed by atoms with van der Waals surface area (Å²) in [4.78, 5) is 0. The van der Waals surface area contributed by atoms with Crippen LogP contribution in [0.3, 0.4) is 0 Å². The van der Waals surface area contributed by atoms with Crippen LogP contribution in [0.1, 0.15) is 44.9 Å². The third kappa shape index (κ3) is 1.58. The minimum atomic E-state index is 0.542. The molecule has 2 aliphatic carbocycles. The summed E-state index contributed by atoms with van der Waals surface area (Å²) in [7, 11) is 0. The first-order chi connectivity index (χ1) is 5.36. The molecule has 0 aromatic heterocycles. The van der Waals surface area contributed by atoms with E-state index in [0.29, 0.717) is 6.04 Å². The first kappa shape index (κ1) is 7.60. The van der Waals surface area contributed by atoms with Crippen LogP contribution in [0.15, 0.2) is 0 Å². The van der Waals surface area contributed by atoms with Gasteiger partial charge in [-0.25, -0.2) is 0 Å². The van der Waals surface area contributed by atoms with E-state index in [4.69, 9.17) is 5.73 Å².